The third-order valence-corrected chi connectivity index (χ3v) is 4.69. The first-order valence-electron chi connectivity index (χ1n) is 7.81. The predicted octanol–water partition coefficient (Wildman–Crippen LogP) is 3.77. The van der Waals surface area contributed by atoms with Crippen LogP contribution in [0.5, 0.6) is 0 Å². The molecular weight excluding hydrogens is 268 g/mol. The first kappa shape index (κ1) is 15.8. The Morgan fingerprint density at radius 1 is 1.35 bits per heavy atom. The average Bonchev–Trinajstić information content (AvgIpc) is 2.46. The summed E-state index contributed by atoms with van der Waals surface area (Å²) in [5, 5.41) is 4.11. The Morgan fingerprint density at radius 2 is 2.10 bits per heavy atom. The molecule has 1 N–H and O–H groups in total. The van der Waals surface area contributed by atoms with Crippen molar-refractivity contribution >= 4 is 11.6 Å². The number of hydrogen-bond donors (Lipinski definition) is 1. The lowest BCUT2D eigenvalue weighted by molar-refractivity contribution is 0.172. The number of rotatable bonds is 6. The number of piperidine rings is 1. The third-order valence-electron chi connectivity index (χ3n) is 4.46. The highest BCUT2D eigenvalue weighted by Crippen LogP contribution is 2.24. The minimum absolute atomic E-state index is 0.558. The SMILES string of the molecule is CNCCC1CCN(CC(C)c2cccc(Cl)c2)CC1. The van der Waals surface area contributed by atoms with E-state index >= 15 is 0 Å². The van der Waals surface area contributed by atoms with Gasteiger partial charge in [0, 0.05) is 11.6 Å². The summed E-state index contributed by atoms with van der Waals surface area (Å²) in [6, 6.07) is 8.30. The molecule has 0 aromatic heterocycles. The molecule has 2 rings (SSSR count). The van der Waals surface area contributed by atoms with Crippen molar-refractivity contribution < 1.29 is 0 Å². The zero-order chi connectivity index (χ0) is 14.4. The molecule has 1 saturated heterocycles. The lowest BCUT2D eigenvalue weighted by atomic mass is 9.92. The maximum atomic E-state index is 6.08. The largest absolute Gasteiger partial charge is 0.320 e. The maximum Gasteiger partial charge on any atom is 0.0408 e. The molecule has 1 fully saturated rings. The Bertz CT molecular complexity index is 400. The topological polar surface area (TPSA) is 15.3 Å². The van der Waals surface area contributed by atoms with Gasteiger partial charge in [-0.1, -0.05) is 30.7 Å². The van der Waals surface area contributed by atoms with Gasteiger partial charge in [0.15, 0.2) is 0 Å². The van der Waals surface area contributed by atoms with Crippen LogP contribution >= 0.6 is 11.6 Å². The lowest BCUT2D eigenvalue weighted by Crippen LogP contribution is -2.36. The molecule has 1 heterocycles. The maximum absolute atomic E-state index is 6.08. The van der Waals surface area contributed by atoms with Crippen LogP contribution in [0.2, 0.25) is 5.02 Å². The van der Waals surface area contributed by atoms with E-state index in [2.05, 4.69) is 35.3 Å². The van der Waals surface area contributed by atoms with Crippen molar-refractivity contribution in [3.63, 3.8) is 0 Å². The van der Waals surface area contributed by atoms with E-state index in [1.807, 2.05) is 13.1 Å². The molecule has 112 valence electrons. The fourth-order valence-corrected chi connectivity index (χ4v) is 3.31. The molecule has 3 heteroatoms. The van der Waals surface area contributed by atoms with Crippen molar-refractivity contribution in [2.75, 3.05) is 33.2 Å². The molecule has 20 heavy (non-hydrogen) atoms. The van der Waals surface area contributed by atoms with E-state index in [-0.39, 0.29) is 0 Å². The van der Waals surface area contributed by atoms with Gasteiger partial charge in [0.2, 0.25) is 0 Å². The van der Waals surface area contributed by atoms with Gasteiger partial charge in [0.1, 0.15) is 0 Å². The van der Waals surface area contributed by atoms with Gasteiger partial charge in [-0.25, -0.2) is 0 Å². The van der Waals surface area contributed by atoms with Gasteiger partial charge in [-0.05, 0) is 75.5 Å². The number of halogens is 1. The molecule has 1 aliphatic heterocycles. The summed E-state index contributed by atoms with van der Waals surface area (Å²) >= 11 is 6.08. The highest BCUT2D eigenvalue weighted by atomic mass is 35.5. The fraction of sp³-hybridized carbons (Fsp3) is 0.647. The molecule has 0 radical (unpaired) electrons. The van der Waals surface area contributed by atoms with Crippen LogP contribution in [0.1, 0.15) is 37.7 Å². The van der Waals surface area contributed by atoms with E-state index in [4.69, 9.17) is 11.6 Å². The Labute approximate surface area is 128 Å². The Balaban J connectivity index is 1.77. The van der Waals surface area contributed by atoms with Crippen molar-refractivity contribution in [3.8, 4) is 0 Å². The van der Waals surface area contributed by atoms with E-state index in [9.17, 15) is 0 Å². The summed E-state index contributed by atoms with van der Waals surface area (Å²) < 4.78 is 0. The first-order valence-corrected chi connectivity index (χ1v) is 8.19. The van der Waals surface area contributed by atoms with Gasteiger partial charge in [-0.2, -0.15) is 0 Å². The quantitative estimate of drug-likeness (QED) is 0.859. The van der Waals surface area contributed by atoms with Crippen LogP contribution in [0.15, 0.2) is 24.3 Å². The van der Waals surface area contributed by atoms with Crippen molar-refractivity contribution in [2.24, 2.45) is 5.92 Å². The minimum atomic E-state index is 0.558. The van der Waals surface area contributed by atoms with Crippen molar-refractivity contribution in [3.05, 3.63) is 34.9 Å². The summed E-state index contributed by atoms with van der Waals surface area (Å²) in [6.45, 7) is 7.11. The second-order valence-corrected chi connectivity index (χ2v) is 6.53. The highest BCUT2D eigenvalue weighted by molar-refractivity contribution is 6.30. The third kappa shape index (κ3) is 4.76. The zero-order valence-electron chi connectivity index (χ0n) is 12.7. The molecule has 0 bridgehead atoms. The lowest BCUT2D eigenvalue weighted by Gasteiger charge is -2.33. The van der Waals surface area contributed by atoms with Gasteiger partial charge in [0.05, 0.1) is 0 Å². The van der Waals surface area contributed by atoms with Crippen molar-refractivity contribution in [1.29, 1.82) is 0 Å². The molecule has 1 aliphatic rings. The van der Waals surface area contributed by atoms with E-state index in [0.717, 1.165) is 24.0 Å². The Hall–Kier alpha value is -0.570. The van der Waals surface area contributed by atoms with Gasteiger partial charge in [-0.3, -0.25) is 0 Å². The predicted molar refractivity (Wildman–Crippen MR) is 87.6 cm³/mol. The van der Waals surface area contributed by atoms with Crippen molar-refractivity contribution in [2.45, 2.75) is 32.1 Å². The number of nitrogens with zero attached hydrogens (tertiary/aromatic N) is 1. The molecule has 1 aromatic carbocycles. The molecule has 1 aromatic rings. The molecule has 1 atom stereocenters. The monoisotopic (exact) mass is 294 g/mol. The molecular formula is C17H27ClN2. The second kappa shape index (κ2) is 8.02. The fourth-order valence-electron chi connectivity index (χ4n) is 3.11. The Kier molecular flexibility index (Phi) is 6.34. The normalized spacial score (nSPS) is 19.1. The number of likely N-dealkylation sites (tertiary alicyclic amines) is 1. The summed E-state index contributed by atoms with van der Waals surface area (Å²) in [6.07, 6.45) is 4.03. The van der Waals surface area contributed by atoms with E-state index < -0.39 is 0 Å². The van der Waals surface area contributed by atoms with Crippen LogP contribution in [0.4, 0.5) is 0 Å². The smallest absolute Gasteiger partial charge is 0.0408 e. The van der Waals surface area contributed by atoms with Gasteiger partial charge in [0.25, 0.3) is 0 Å². The molecule has 1 unspecified atom stereocenters. The average molecular weight is 295 g/mol. The summed E-state index contributed by atoms with van der Waals surface area (Å²) in [5.41, 5.74) is 1.36. The molecule has 0 saturated carbocycles. The first-order chi connectivity index (χ1) is 9.69. The van der Waals surface area contributed by atoms with Crippen LogP contribution < -0.4 is 5.32 Å². The summed E-state index contributed by atoms with van der Waals surface area (Å²) in [4.78, 5) is 2.61. The van der Waals surface area contributed by atoms with Gasteiger partial charge in [-0.15, -0.1) is 0 Å². The van der Waals surface area contributed by atoms with Crippen LogP contribution in [0.3, 0.4) is 0 Å². The molecule has 0 spiro atoms. The summed E-state index contributed by atoms with van der Waals surface area (Å²) in [7, 11) is 2.04. The number of benzene rings is 1. The summed E-state index contributed by atoms with van der Waals surface area (Å²) in [5.74, 6) is 1.47. The van der Waals surface area contributed by atoms with Crippen molar-refractivity contribution in [1.82, 2.24) is 10.2 Å². The van der Waals surface area contributed by atoms with Crippen LogP contribution in [-0.4, -0.2) is 38.1 Å². The van der Waals surface area contributed by atoms with E-state index in [0.29, 0.717) is 5.92 Å². The van der Waals surface area contributed by atoms with E-state index in [1.54, 1.807) is 0 Å². The van der Waals surface area contributed by atoms with Gasteiger partial charge < -0.3 is 10.2 Å². The minimum Gasteiger partial charge on any atom is -0.320 e. The Morgan fingerprint density at radius 3 is 2.75 bits per heavy atom. The molecule has 0 amide bonds. The standard InChI is InChI=1S/C17H27ClN2/c1-14(16-4-3-5-17(18)12-16)13-20-10-7-15(8-11-20)6-9-19-2/h3-5,12,14-15,19H,6-11,13H2,1-2H3. The van der Waals surface area contributed by atoms with Crippen LogP contribution in [0, 0.1) is 5.92 Å². The van der Waals surface area contributed by atoms with Gasteiger partial charge >= 0.3 is 0 Å². The number of hydrogen-bond acceptors (Lipinski definition) is 2. The number of nitrogens with one attached hydrogen (secondary N) is 1. The zero-order valence-corrected chi connectivity index (χ0v) is 13.5. The molecule has 0 aliphatic carbocycles. The van der Waals surface area contributed by atoms with Crippen LogP contribution in [0.25, 0.3) is 0 Å². The second-order valence-electron chi connectivity index (χ2n) is 6.09. The highest BCUT2D eigenvalue weighted by Gasteiger charge is 2.20. The van der Waals surface area contributed by atoms with Crippen LogP contribution in [-0.2, 0) is 0 Å². The van der Waals surface area contributed by atoms with E-state index in [1.165, 1.54) is 37.9 Å². The molecule has 2 nitrogen and oxygen atoms in total.